The summed E-state index contributed by atoms with van der Waals surface area (Å²) in [6.07, 6.45) is 5.58. The highest BCUT2D eigenvalue weighted by molar-refractivity contribution is 5.95. The van der Waals surface area contributed by atoms with Crippen molar-refractivity contribution < 1.29 is 23.9 Å². The van der Waals surface area contributed by atoms with Gasteiger partial charge in [-0.3, -0.25) is 19.2 Å². The van der Waals surface area contributed by atoms with Crippen molar-refractivity contribution in [1.82, 2.24) is 14.7 Å². The first-order chi connectivity index (χ1) is 16.2. The van der Waals surface area contributed by atoms with Gasteiger partial charge in [-0.15, -0.1) is 0 Å². The van der Waals surface area contributed by atoms with E-state index in [1.54, 1.807) is 39.8 Å². The second-order valence-corrected chi connectivity index (χ2v) is 11.6. The van der Waals surface area contributed by atoms with Gasteiger partial charge in [0, 0.05) is 27.2 Å². The van der Waals surface area contributed by atoms with Gasteiger partial charge >= 0.3 is 5.97 Å². The summed E-state index contributed by atoms with van der Waals surface area (Å²) in [5.74, 6) is -1.63. The molecule has 9 nitrogen and oxygen atoms in total. The summed E-state index contributed by atoms with van der Waals surface area (Å²) in [6.45, 7) is 10.2. The van der Waals surface area contributed by atoms with Crippen LogP contribution in [-0.4, -0.2) is 88.8 Å². The van der Waals surface area contributed by atoms with E-state index in [0.717, 1.165) is 32.1 Å². The molecule has 1 aliphatic carbocycles. The van der Waals surface area contributed by atoms with Crippen molar-refractivity contribution in [1.29, 1.82) is 0 Å². The van der Waals surface area contributed by atoms with Gasteiger partial charge < -0.3 is 25.2 Å². The van der Waals surface area contributed by atoms with Crippen LogP contribution in [0.1, 0.15) is 86.0 Å². The van der Waals surface area contributed by atoms with Crippen molar-refractivity contribution in [3.63, 3.8) is 0 Å². The fraction of sp³-hybridized carbons (Fsp3) is 0.846. The lowest BCUT2D eigenvalue weighted by atomic mass is 9.93. The average Bonchev–Trinajstić information content (AvgIpc) is 3.22. The van der Waals surface area contributed by atoms with Gasteiger partial charge in [0.1, 0.15) is 17.7 Å². The van der Waals surface area contributed by atoms with E-state index >= 15 is 0 Å². The molecule has 2 fully saturated rings. The number of ether oxygens (including phenoxy) is 1. The minimum Gasteiger partial charge on any atom is -0.460 e. The molecule has 200 valence electrons. The zero-order valence-corrected chi connectivity index (χ0v) is 22.8. The van der Waals surface area contributed by atoms with E-state index in [9.17, 15) is 19.2 Å². The Morgan fingerprint density at radius 1 is 0.943 bits per heavy atom. The number of carbonyl (C=O) groups is 4. The van der Waals surface area contributed by atoms with Crippen LogP contribution in [0.5, 0.6) is 0 Å². The van der Waals surface area contributed by atoms with Gasteiger partial charge in [0.05, 0.1) is 12.0 Å². The molecule has 2 aliphatic rings. The first kappa shape index (κ1) is 29.1. The van der Waals surface area contributed by atoms with Crippen molar-refractivity contribution in [3.05, 3.63) is 0 Å². The van der Waals surface area contributed by atoms with Crippen molar-refractivity contribution in [3.8, 4) is 0 Å². The zero-order valence-electron chi connectivity index (χ0n) is 22.8. The molecule has 9 heteroatoms. The maximum atomic E-state index is 13.8. The van der Waals surface area contributed by atoms with Crippen LogP contribution < -0.4 is 5.73 Å². The minimum atomic E-state index is -1.00. The standard InChI is InChI=1S/C26H46N4O5/c1-18(2)21(29(7)24(34)26(27)13-9-10-14-26)23(33)28(6)19(17-20(31)35-25(3,4)5)22(32)30-15-11-8-12-16-30/h18-19,21H,8-17,27H2,1-7H3/t19-,21-/m0/s1. The molecule has 35 heavy (non-hydrogen) atoms. The number of likely N-dealkylation sites (tertiary alicyclic amines) is 1. The van der Waals surface area contributed by atoms with E-state index in [1.807, 2.05) is 13.8 Å². The Balaban J connectivity index is 2.30. The molecule has 0 radical (unpaired) electrons. The van der Waals surface area contributed by atoms with Gasteiger partial charge in [-0.25, -0.2) is 0 Å². The summed E-state index contributed by atoms with van der Waals surface area (Å²) >= 11 is 0. The van der Waals surface area contributed by atoms with Crippen LogP contribution >= 0.6 is 0 Å². The number of rotatable bonds is 8. The fourth-order valence-corrected chi connectivity index (χ4v) is 5.21. The summed E-state index contributed by atoms with van der Waals surface area (Å²) in [5.41, 5.74) is 4.75. The third-order valence-corrected chi connectivity index (χ3v) is 7.09. The lowest BCUT2D eigenvalue weighted by Gasteiger charge is -2.40. The summed E-state index contributed by atoms with van der Waals surface area (Å²) in [7, 11) is 3.15. The van der Waals surface area contributed by atoms with E-state index in [0.29, 0.717) is 25.9 Å². The quantitative estimate of drug-likeness (QED) is 0.518. The highest BCUT2D eigenvalue weighted by Gasteiger charge is 2.45. The Morgan fingerprint density at radius 3 is 1.97 bits per heavy atom. The Morgan fingerprint density at radius 2 is 1.49 bits per heavy atom. The van der Waals surface area contributed by atoms with Crippen molar-refractivity contribution in [2.75, 3.05) is 27.2 Å². The Labute approximate surface area is 210 Å². The van der Waals surface area contributed by atoms with E-state index in [2.05, 4.69) is 0 Å². The molecule has 2 atom stereocenters. The molecule has 0 unspecified atom stereocenters. The number of piperidine rings is 1. The molecule has 0 aromatic heterocycles. The maximum Gasteiger partial charge on any atom is 0.308 e. The molecule has 2 rings (SSSR count). The van der Waals surface area contributed by atoms with Crippen molar-refractivity contribution in [2.45, 2.75) is 109 Å². The van der Waals surface area contributed by atoms with Gasteiger partial charge in [-0.2, -0.15) is 0 Å². The van der Waals surface area contributed by atoms with Gasteiger partial charge in [-0.1, -0.05) is 26.7 Å². The molecular weight excluding hydrogens is 448 g/mol. The molecule has 0 aromatic carbocycles. The monoisotopic (exact) mass is 494 g/mol. The number of esters is 1. The summed E-state index contributed by atoms with van der Waals surface area (Å²) in [4.78, 5) is 57.9. The van der Waals surface area contributed by atoms with Crippen LogP contribution in [0.15, 0.2) is 0 Å². The number of nitrogens with zero attached hydrogens (tertiary/aromatic N) is 3. The third-order valence-electron chi connectivity index (χ3n) is 7.09. The predicted octanol–water partition coefficient (Wildman–Crippen LogP) is 2.31. The Bertz CT molecular complexity index is 779. The van der Waals surface area contributed by atoms with E-state index in [4.69, 9.17) is 10.5 Å². The molecule has 0 spiro atoms. The lowest BCUT2D eigenvalue weighted by Crippen LogP contribution is -2.61. The number of carbonyl (C=O) groups excluding carboxylic acids is 4. The van der Waals surface area contributed by atoms with Crippen LogP contribution in [-0.2, 0) is 23.9 Å². The molecule has 2 N–H and O–H groups in total. The molecular formula is C26H46N4O5. The first-order valence-electron chi connectivity index (χ1n) is 13.0. The highest BCUT2D eigenvalue weighted by Crippen LogP contribution is 2.30. The smallest absolute Gasteiger partial charge is 0.308 e. The van der Waals surface area contributed by atoms with Crippen molar-refractivity contribution in [2.24, 2.45) is 11.7 Å². The topological polar surface area (TPSA) is 113 Å². The van der Waals surface area contributed by atoms with Crippen LogP contribution in [0.3, 0.4) is 0 Å². The van der Waals surface area contributed by atoms with Gasteiger partial charge in [0.2, 0.25) is 17.7 Å². The largest absolute Gasteiger partial charge is 0.460 e. The second kappa shape index (κ2) is 11.7. The number of nitrogens with two attached hydrogens (primary N) is 1. The Hall–Kier alpha value is -2.16. The molecule has 1 saturated carbocycles. The van der Waals surface area contributed by atoms with Crippen LogP contribution in [0.25, 0.3) is 0 Å². The minimum absolute atomic E-state index is 0.212. The predicted molar refractivity (Wildman–Crippen MR) is 134 cm³/mol. The van der Waals surface area contributed by atoms with Gasteiger partial charge in [0.25, 0.3) is 0 Å². The number of hydrogen-bond acceptors (Lipinski definition) is 6. The Kier molecular flexibility index (Phi) is 9.73. The van der Waals surface area contributed by atoms with Gasteiger partial charge in [-0.05, 0) is 58.8 Å². The maximum absolute atomic E-state index is 13.8. The van der Waals surface area contributed by atoms with Crippen LogP contribution in [0.4, 0.5) is 0 Å². The molecule has 3 amide bonds. The number of hydrogen-bond donors (Lipinski definition) is 1. The first-order valence-corrected chi connectivity index (χ1v) is 13.0. The molecule has 1 saturated heterocycles. The molecule has 1 aliphatic heterocycles. The molecule has 1 heterocycles. The van der Waals surface area contributed by atoms with E-state index < -0.39 is 29.2 Å². The number of amides is 3. The number of likely N-dealkylation sites (N-methyl/N-ethyl adjacent to an activating group) is 2. The lowest BCUT2D eigenvalue weighted by molar-refractivity contribution is -0.162. The summed E-state index contributed by atoms with van der Waals surface area (Å²) in [6, 6.07) is -1.80. The van der Waals surface area contributed by atoms with E-state index in [1.165, 1.54) is 9.80 Å². The summed E-state index contributed by atoms with van der Waals surface area (Å²) in [5, 5.41) is 0. The zero-order chi connectivity index (χ0) is 26.6. The average molecular weight is 495 g/mol. The SMILES string of the molecule is CC(C)[C@@H](C(=O)N(C)[C@@H](CC(=O)OC(C)(C)C)C(=O)N1CCCCC1)N(C)C(=O)C1(N)CCCC1. The van der Waals surface area contributed by atoms with E-state index in [-0.39, 0.29) is 30.1 Å². The van der Waals surface area contributed by atoms with Crippen molar-refractivity contribution >= 4 is 23.7 Å². The second-order valence-electron chi connectivity index (χ2n) is 11.6. The molecule has 0 aromatic rings. The third kappa shape index (κ3) is 7.41. The molecule has 0 bridgehead atoms. The van der Waals surface area contributed by atoms with Gasteiger partial charge in [0.15, 0.2) is 0 Å². The normalized spacial score (nSPS) is 19.7. The highest BCUT2D eigenvalue weighted by atomic mass is 16.6. The summed E-state index contributed by atoms with van der Waals surface area (Å²) < 4.78 is 5.48. The van der Waals surface area contributed by atoms with Crippen LogP contribution in [0.2, 0.25) is 0 Å². The van der Waals surface area contributed by atoms with Crippen LogP contribution in [0, 0.1) is 5.92 Å². The fourth-order valence-electron chi connectivity index (χ4n) is 5.21.